The zero-order chi connectivity index (χ0) is 14.4. The third-order valence-corrected chi connectivity index (χ3v) is 3.03. The number of nitrogens with one attached hydrogen (secondary N) is 1. The average Bonchev–Trinajstić information content (AvgIpc) is 2.50. The van der Waals surface area contributed by atoms with Crippen molar-refractivity contribution in [3.05, 3.63) is 47.4 Å². The van der Waals surface area contributed by atoms with Crippen molar-refractivity contribution < 1.29 is 4.74 Å². The molecule has 0 bridgehead atoms. The van der Waals surface area contributed by atoms with Crippen LogP contribution in [0.25, 0.3) is 0 Å². The Morgan fingerprint density at radius 2 is 2.05 bits per heavy atom. The Balaban J connectivity index is 2.27. The van der Waals surface area contributed by atoms with Crippen molar-refractivity contribution in [1.29, 1.82) is 0 Å². The number of nitrogens with zero attached hydrogens (tertiary/aromatic N) is 3. The molecule has 0 spiro atoms. The van der Waals surface area contributed by atoms with E-state index in [0.717, 1.165) is 29.9 Å². The van der Waals surface area contributed by atoms with Crippen LogP contribution in [0.2, 0.25) is 0 Å². The van der Waals surface area contributed by atoms with Gasteiger partial charge in [-0.1, -0.05) is 13.0 Å². The lowest BCUT2D eigenvalue weighted by Gasteiger charge is -2.18. The summed E-state index contributed by atoms with van der Waals surface area (Å²) in [5, 5.41) is 11.7. The van der Waals surface area contributed by atoms with Crippen LogP contribution in [-0.4, -0.2) is 28.8 Å². The molecular weight excluding hydrogens is 252 g/mol. The number of aromatic nitrogens is 3. The van der Waals surface area contributed by atoms with E-state index in [1.807, 2.05) is 31.3 Å². The molecule has 2 aromatic heterocycles. The smallest absolute Gasteiger partial charge is 0.233 e. The van der Waals surface area contributed by atoms with Crippen molar-refractivity contribution in [2.45, 2.75) is 26.3 Å². The van der Waals surface area contributed by atoms with Crippen molar-refractivity contribution >= 4 is 0 Å². The SMILES string of the molecule is CCCNC(c1ccc(C)nc1)c1ccc(OC)nn1. The van der Waals surface area contributed by atoms with Crippen LogP contribution in [-0.2, 0) is 0 Å². The van der Waals surface area contributed by atoms with E-state index < -0.39 is 0 Å². The monoisotopic (exact) mass is 272 g/mol. The predicted octanol–water partition coefficient (Wildman–Crippen LogP) is 2.28. The molecule has 1 N–H and O–H groups in total. The second kappa shape index (κ2) is 6.96. The molecule has 0 aliphatic heterocycles. The van der Waals surface area contributed by atoms with Crippen molar-refractivity contribution in [1.82, 2.24) is 20.5 Å². The molecule has 5 heteroatoms. The lowest BCUT2D eigenvalue weighted by molar-refractivity contribution is 0.390. The van der Waals surface area contributed by atoms with Crippen LogP contribution in [0.3, 0.4) is 0 Å². The summed E-state index contributed by atoms with van der Waals surface area (Å²) < 4.78 is 5.05. The largest absolute Gasteiger partial charge is 0.480 e. The third kappa shape index (κ3) is 3.51. The van der Waals surface area contributed by atoms with Crippen LogP contribution in [0.15, 0.2) is 30.5 Å². The zero-order valence-electron chi connectivity index (χ0n) is 12.1. The first-order valence-corrected chi connectivity index (χ1v) is 6.78. The van der Waals surface area contributed by atoms with Crippen LogP contribution >= 0.6 is 0 Å². The van der Waals surface area contributed by atoms with Crippen molar-refractivity contribution in [3.63, 3.8) is 0 Å². The molecule has 2 aromatic rings. The van der Waals surface area contributed by atoms with Gasteiger partial charge in [0.25, 0.3) is 0 Å². The normalized spacial score (nSPS) is 12.2. The van der Waals surface area contributed by atoms with Gasteiger partial charge in [0.1, 0.15) is 0 Å². The summed E-state index contributed by atoms with van der Waals surface area (Å²) in [6.07, 6.45) is 2.94. The van der Waals surface area contributed by atoms with Gasteiger partial charge in [0.05, 0.1) is 18.8 Å². The van der Waals surface area contributed by atoms with Gasteiger partial charge >= 0.3 is 0 Å². The van der Waals surface area contributed by atoms with Gasteiger partial charge in [-0.25, -0.2) is 0 Å². The Morgan fingerprint density at radius 1 is 1.20 bits per heavy atom. The standard InChI is InChI=1S/C15H20N4O/c1-4-9-16-15(12-6-5-11(2)17-10-12)13-7-8-14(20-3)19-18-13/h5-8,10,15-16H,4,9H2,1-3H3. The fourth-order valence-electron chi connectivity index (χ4n) is 1.93. The molecule has 0 aliphatic rings. The first-order valence-electron chi connectivity index (χ1n) is 6.78. The molecule has 2 heterocycles. The molecule has 0 aliphatic carbocycles. The number of aryl methyl sites for hydroxylation is 1. The van der Waals surface area contributed by atoms with E-state index in [-0.39, 0.29) is 6.04 Å². The summed E-state index contributed by atoms with van der Waals surface area (Å²) in [4.78, 5) is 4.35. The van der Waals surface area contributed by atoms with Gasteiger partial charge in [-0.2, -0.15) is 0 Å². The van der Waals surface area contributed by atoms with E-state index in [2.05, 4.69) is 33.5 Å². The van der Waals surface area contributed by atoms with E-state index in [0.29, 0.717) is 5.88 Å². The van der Waals surface area contributed by atoms with Gasteiger partial charge in [0.2, 0.25) is 5.88 Å². The maximum atomic E-state index is 5.05. The minimum atomic E-state index is 0.00135. The van der Waals surface area contributed by atoms with Crippen molar-refractivity contribution in [2.75, 3.05) is 13.7 Å². The lowest BCUT2D eigenvalue weighted by atomic mass is 10.0. The van der Waals surface area contributed by atoms with Gasteiger partial charge in [-0.15, -0.1) is 10.2 Å². The third-order valence-electron chi connectivity index (χ3n) is 3.03. The molecule has 5 nitrogen and oxygen atoms in total. The fourth-order valence-corrected chi connectivity index (χ4v) is 1.93. The Kier molecular flexibility index (Phi) is 5.01. The second-order valence-electron chi connectivity index (χ2n) is 4.62. The lowest BCUT2D eigenvalue weighted by Crippen LogP contribution is -2.24. The number of methoxy groups -OCH3 is 1. The Hall–Kier alpha value is -2.01. The van der Waals surface area contributed by atoms with E-state index in [1.54, 1.807) is 7.11 Å². The number of hydrogen-bond donors (Lipinski definition) is 1. The molecule has 0 saturated carbocycles. The number of pyridine rings is 1. The Bertz CT molecular complexity index is 525. The summed E-state index contributed by atoms with van der Waals surface area (Å²) in [6, 6.07) is 7.83. The number of ether oxygens (including phenoxy) is 1. The predicted molar refractivity (Wildman–Crippen MR) is 77.7 cm³/mol. The number of hydrogen-bond acceptors (Lipinski definition) is 5. The first-order chi connectivity index (χ1) is 9.74. The maximum absolute atomic E-state index is 5.05. The van der Waals surface area contributed by atoms with Crippen molar-refractivity contribution in [2.24, 2.45) is 0 Å². The highest BCUT2D eigenvalue weighted by molar-refractivity contribution is 5.27. The highest BCUT2D eigenvalue weighted by Gasteiger charge is 2.15. The van der Waals surface area contributed by atoms with E-state index in [9.17, 15) is 0 Å². The molecule has 0 amide bonds. The van der Waals surface area contributed by atoms with E-state index in [1.165, 1.54) is 0 Å². The van der Waals surface area contributed by atoms with Gasteiger partial charge in [-0.3, -0.25) is 4.98 Å². The second-order valence-corrected chi connectivity index (χ2v) is 4.62. The molecule has 2 rings (SSSR count). The summed E-state index contributed by atoms with van der Waals surface area (Å²) in [5.74, 6) is 0.519. The average molecular weight is 272 g/mol. The van der Waals surface area contributed by atoms with Gasteiger partial charge < -0.3 is 10.1 Å². The highest BCUT2D eigenvalue weighted by Crippen LogP contribution is 2.20. The maximum Gasteiger partial charge on any atom is 0.233 e. The summed E-state index contributed by atoms with van der Waals surface area (Å²) in [5.41, 5.74) is 2.96. The van der Waals surface area contributed by atoms with Crippen molar-refractivity contribution in [3.8, 4) is 5.88 Å². The van der Waals surface area contributed by atoms with Gasteiger partial charge in [0.15, 0.2) is 0 Å². The zero-order valence-corrected chi connectivity index (χ0v) is 12.1. The van der Waals surface area contributed by atoms with E-state index in [4.69, 9.17) is 4.74 Å². The minimum absolute atomic E-state index is 0.00135. The van der Waals surface area contributed by atoms with Crippen LogP contribution in [0, 0.1) is 6.92 Å². The summed E-state index contributed by atoms with van der Waals surface area (Å²) >= 11 is 0. The van der Waals surface area contributed by atoms with Gasteiger partial charge in [0, 0.05) is 18.0 Å². The molecule has 0 fully saturated rings. The Labute approximate surface area is 119 Å². The van der Waals surface area contributed by atoms with E-state index >= 15 is 0 Å². The van der Waals surface area contributed by atoms with Crippen LogP contribution in [0.4, 0.5) is 0 Å². The number of rotatable bonds is 6. The summed E-state index contributed by atoms with van der Waals surface area (Å²) in [6.45, 7) is 5.02. The molecule has 1 unspecified atom stereocenters. The van der Waals surface area contributed by atoms with Crippen LogP contribution in [0.1, 0.15) is 36.3 Å². The molecule has 20 heavy (non-hydrogen) atoms. The summed E-state index contributed by atoms with van der Waals surface area (Å²) in [7, 11) is 1.58. The molecule has 0 saturated heterocycles. The first kappa shape index (κ1) is 14.4. The minimum Gasteiger partial charge on any atom is -0.480 e. The molecule has 0 radical (unpaired) electrons. The van der Waals surface area contributed by atoms with Gasteiger partial charge in [-0.05, 0) is 37.6 Å². The molecule has 106 valence electrons. The highest BCUT2D eigenvalue weighted by atomic mass is 16.5. The molecular formula is C15H20N4O. The molecule has 0 aromatic carbocycles. The molecule has 1 atom stereocenters. The Morgan fingerprint density at radius 3 is 2.60 bits per heavy atom. The topological polar surface area (TPSA) is 59.9 Å². The fraction of sp³-hybridized carbons (Fsp3) is 0.400. The quantitative estimate of drug-likeness (QED) is 0.874. The van der Waals surface area contributed by atoms with Crippen LogP contribution in [0.5, 0.6) is 5.88 Å². The van der Waals surface area contributed by atoms with Crippen LogP contribution < -0.4 is 10.1 Å².